The number of alkyl halides is 3. The molecule has 1 aromatic carbocycles. The predicted octanol–water partition coefficient (Wildman–Crippen LogP) is 5.74. The minimum Gasteiger partial charge on any atom is -0.508 e. The summed E-state index contributed by atoms with van der Waals surface area (Å²) in [6.45, 7) is 3.91. The number of hydrogen-bond acceptors (Lipinski definition) is 3. The van der Waals surface area contributed by atoms with Crippen molar-refractivity contribution in [3.05, 3.63) is 70.8 Å². The van der Waals surface area contributed by atoms with Crippen LogP contribution >= 0.6 is 11.6 Å². The van der Waals surface area contributed by atoms with Gasteiger partial charge in [0, 0.05) is 30.5 Å². The first kappa shape index (κ1) is 21.6. The van der Waals surface area contributed by atoms with Crippen molar-refractivity contribution in [3.63, 3.8) is 0 Å². The maximum atomic E-state index is 13.7. The minimum atomic E-state index is -4.81. The fourth-order valence-corrected chi connectivity index (χ4v) is 3.21. The Morgan fingerprint density at radius 3 is 2.57 bits per heavy atom. The van der Waals surface area contributed by atoms with Crippen molar-refractivity contribution >= 4 is 34.7 Å². The molecule has 0 fully saturated rings. The topological polar surface area (TPSA) is 65.5 Å². The normalized spacial score (nSPS) is 14.3. The summed E-state index contributed by atoms with van der Waals surface area (Å²) in [6.07, 6.45) is -1.19. The van der Waals surface area contributed by atoms with Crippen LogP contribution in [0.4, 0.5) is 28.0 Å². The maximum Gasteiger partial charge on any atom is 0.419 e. The molecule has 30 heavy (non-hydrogen) atoms. The van der Waals surface area contributed by atoms with Crippen LogP contribution in [0.2, 0.25) is 5.02 Å². The molecule has 2 heterocycles. The van der Waals surface area contributed by atoms with E-state index in [4.69, 9.17) is 11.6 Å². The highest BCUT2D eigenvalue weighted by Crippen LogP contribution is 2.33. The number of aliphatic hydroxyl groups excluding tert-OH is 1. The van der Waals surface area contributed by atoms with Gasteiger partial charge < -0.3 is 15.3 Å². The molecule has 0 radical (unpaired) electrons. The van der Waals surface area contributed by atoms with E-state index in [1.165, 1.54) is 17.2 Å². The van der Waals surface area contributed by atoms with Gasteiger partial charge in [-0.25, -0.2) is 9.18 Å². The molecular weight excluding hydrogens is 426 g/mol. The summed E-state index contributed by atoms with van der Waals surface area (Å²) in [5.74, 6) is -1.62. The molecule has 0 bridgehead atoms. The van der Waals surface area contributed by atoms with Crippen molar-refractivity contribution in [1.29, 1.82) is 0 Å². The zero-order chi connectivity index (χ0) is 22.1. The summed E-state index contributed by atoms with van der Waals surface area (Å²) in [6, 6.07) is 3.17. The highest BCUT2D eigenvalue weighted by atomic mass is 35.5. The van der Waals surface area contributed by atoms with E-state index in [-0.39, 0.29) is 18.0 Å². The van der Waals surface area contributed by atoms with Crippen molar-refractivity contribution in [3.8, 4) is 0 Å². The van der Waals surface area contributed by atoms with E-state index < -0.39 is 23.6 Å². The molecule has 2 amide bonds. The number of hydrogen-bond donors (Lipinski definition) is 2. The van der Waals surface area contributed by atoms with Gasteiger partial charge in [0.25, 0.3) is 0 Å². The Bertz CT molecular complexity index is 1040. The summed E-state index contributed by atoms with van der Waals surface area (Å²) in [5, 5.41) is 12.1. The first-order valence-corrected chi connectivity index (χ1v) is 9.10. The summed E-state index contributed by atoms with van der Waals surface area (Å²) < 4.78 is 51.5. The number of carbonyl (C=O) groups is 1. The number of nitrogens with zero attached hydrogens (tertiary/aromatic N) is 2. The number of anilines is 1. The quantitative estimate of drug-likeness (QED) is 0.471. The fourth-order valence-electron chi connectivity index (χ4n) is 2.93. The van der Waals surface area contributed by atoms with Gasteiger partial charge in [-0.3, -0.25) is 4.98 Å². The molecule has 0 atom stereocenters. The molecule has 10 heteroatoms. The Hall–Kier alpha value is -3.07. The molecule has 1 aliphatic rings. The SMILES string of the molecule is C=C(O)c1cnc(C2=CCN(C(=O)Nc3ccc(C(F)(F)F)c(F)c3)CC2)c(Cl)c1. The third-order valence-corrected chi connectivity index (χ3v) is 4.79. The molecule has 1 aromatic heterocycles. The number of carbonyl (C=O) groups excluding carboxylic acids is 1. The number of urea groups is 1. The zero-order valence-electron chi connectivity index (χ0n) is 15.4. The lowest BCUT2D eigenvalue weighted by Crippen LogP contribution is -2.38. The van der Waals surface area contributed by atoms with E-state index in [2.05, 4.69) is 16.9 Å². The van der Waals surface area contributed by atoms with Crippen LogP contribution in [0.5, 0.6) is 0 Å². The van der Waals surface area contributed by atoms with Gasteiger partial charge >= 0.3 is 12.2 Å². The molecule has 3 rings (SSSR count). The Morgan fingerprint density at radius 1 is 1.30 bits per heavy atom. The third-order valence-electron chi connectivity index (χ3n) is 4.50. The number of amides is 2. The number of pyridine rings is 1. The van der Waals surface area contributed by atoms with Crippen LogP contribution in [0.15, 0.2) is 43.1 Å². The number of nitrogens with one attached hydrogen (secondary N) is 1. The van der Waals surface area contributed by atoms with E-state index in [0.717, 1.165) is 11.6 Å². The lowest BCUT2D eigenvalue weighted by Gasteiger charge is -2.27. The highest BCUT2D eigenvalue weighted by molar-refractivity contribution is 6.32. The van der Waals surface area contributed by atoms with Crippen LogP contribution in [-0.2, 0) is 6.18 Å². The van der Waals surface area contributed by atoms with Crippen molar-refractivity contribution in [2.45, 2.75) is 12.6 Å². The number of halogens is 5. The van der Waals surface area contributed by atoms with Crippen LogP contribution in [0, 0.1) is 5.82 Å². The second-order valence-electron chi connectivity index (χ2n) is 6.55. The van der Waals surface area contributed by atoms with Gasteiger partial charge in [0.1, 0.15) is 11.6 Å². The Labute approximate surface area is 174 Å². The molecule has 0 saturated carbocycles. The van der Waals surface area contributed by atoms with Gasteiger partial charge in [-0.1, -0.05) is 24.3 Å². The van der Waals surface area contributed by atoms with Crippen molar-refractivity contribution in [2.75, 3.05) is 18.4 Å². The standard InChI is InChI=1S/C20H16ClF4N3O2/c1-11(29)13-8-16(21)18(26-10-13)12-4-6-28(7-5-12)19(30)27-14-2-3-15(17(22)9-14)20(23,24)25/h2-4,8-10,29H,1,5-7H2,(H,27,30). The molecule has 0 saturated heterocycles. The molecule has 2 aromatic rings. The van der Waals surface area contributed by atoms with E-state index in [1.807, 2.05) is 0 Å². The Kier molecular flexibility index (Phi) is 6.02. The number of benzene rings is 1. The van der Waals surface area contributed by atoms with Crippen LogP contribution in [-0.4, -0.2) is 34.1 Å². The molecule has 0 spiro atoms. The second-order valence-corrected chi connectivity index (χ2v) is 6.96. The summed E-state index contributed by atoms with van der Waals surface area (Å²) in [4.78, 5) is 18.0. The van der Waals surface area contributed by atoms with Crippen LogP contribution in [0.3, 0.4) is 0 Å². The zero-order valence-corrected chi connectivity index (χ0v) is 16.2. The lowest BCUT2D eigenvalue weighted by atomic mass is 10.0. The van der Waals surface area contributed by atoms with Crippen LogP contribution in [0.1, 0.15) is 23.2 Å². The fraction of sp³-hybridized carbons (Fsp3) is 0.200. The van der Waals surface area contributed by atoms with E-state index in [0.29, 0.717) is 41.4 Å². The molecule has 0 aliphatic carbocycles. The predicted molar refractivity (Wildman–Crippen MR) is 105 cm³/mol. The smallest absolute Gasteiger partial charge is 0.419 e. The molecular formula is C20H16ClF4N3O2. The summed E-state index contributed by atoms with van der Waals surface area (Å²) >= 11 is 6.21. The van der Waals surface area contributed by atoms with Crippen molar-refractivity contribution < 1.29 is 27.5 Å². The highest BCUT2D eigenvalue weighted by Gasteiger charge is 2.34. The summed E-state index contributed by atoms with van der Waals surface area (Å²) in [5.41, 5.74) is 0.243. The Morgan fingerprint density at radius 2 is 2.03 bits per heavy atom. The number of aliphatic hydroxyl groups is 1. The second kappa shape index (κ2) is 8.35. The minimum absolute atomic E-state index is 0.0789. The van der Waals surface area contributed by atoms with Crippen molar-refractivity contribution in [1.82, 2.24) is 9.88 Å². The maximum absolute atomic E-state index is 13.7. The van der Waals surface area contributed by atoms with Gasteiger partial charge in [-0.15, -0.1) is 0 Å². The van der Waals surface area contributed by atoms with Crippen LogP contribution < -0.4 is 5.32 Å². The van der Waals surface area contributed by atoms with Gasteiger partial charge in [0.2, 0.25) is 0 Å². The first-order valence-electron chi connectivity index (χ1n) is 8.72. The molecule has 5 nitrogen and oxygen atoms in total. The van der Waals surface area contributed by atoms with Gasteiger partial charge in [-0.05, 0) is 36.3 Å². The summed E-state index contributed by atoms with van der Waals surface area (Å²) in [7, 11) is 0. The average Bonchev–Trinajstić information content (AvgIpc) is 2.67. The number of aromatic nitrogens is 1. The van der Waals surface area contributed by atoms with Crippen LogP contribution in [0.25, 0.3) is 11.3 Å². The van der Waals surface area contributed by atoms with Gasteiger partial charge in [-0.2, -0.15) is 13.2 Å². The van der Waals surface area contributed by atoms with E-state index >= 15 is 0 Å². The lowest BCUT2D eigenvalue weighted by molar-refractivity contribution is -0.139. The molecule has 2 N–H and O–H groups in total. The molecule has 1 aliphatic heterocycles. The first-order chi connectivity index (χ1) is 14.1. The average molecular weight is 442 g/mol. The van der Waals surface area contributed by atoms with Crippen molar-refractivity contribution in [2.24, 2.45) is 0 Å². The van der Waals surface area contributed by atoms with E-state index in [1.54, 1.807) is 6.08 Å². The third kappa shape index (κ3) is 4.73. The van der Waals surface area contributed by atoms with Gasteiger partial charge in [0.05, 0.1) is 16.3 Å². The Balaban J connectivity index is 1.67. The largest absolute Gasteiger partial charge is 0.508 e. The monoisotopic (exact) mass is 441 g/mol. The number of rotatable bonds is 3. The van der Waals surface area contributed by atoms with Gasteiger partial charge in [0.15, 0.2) is 0 Å². The molecule has 158 valence electrons. The van der Waals surface area contributed by atoms with E-state index in [9.17, 15) is 27.5 Å². The molecule has 0 unspecified atom stereocenters.